The van der Waals surface area contributed by atoms with Gasteiger partial charge in [0.2, 0.25) is 24.1 Å². The minimum Gasteiger partial charge on any atom is -0.350 e. The summed E-state index contributed by atoms with van der Waals surface area (Å²) < 4.78 is 14.1. The maximum atomic E-state index is 14.1. The number of carbonyl (C=O) groups is 4. The van der Waals surface area contributed by atoms with E-state index in [4.69, 9.17) is 0 Å². The highest BCUT2D eigenvalue weighted by atomic mass is 32.2. The van der Waals surface area contributed by atoms with Crippen molar-refractivity contribution in [1.82, 2.24) is 21.3 Å². The Morgan fingerprint density at radius 2 is 1.53 bits per heavy atom. The zero-order valence-electron chi connectivity index (χ0n) is 22.0. The summed E-state index contributed by atoms with van der Waals surface area (Å²) in [7, 11) is 0. The highest BCUT2D eigenvalue weighted by Crippen LogP contribution is 2.10. The number of halogens is 1. The molecule has 3 atom stereocenters. The van der Waals surface area contributed by atoms with Crippen molar-refractivity contribution >= 4 is 35.9 Å². The summed E-state index contributed by atoms with van der Waals surface area (Å²) in [6, 6.07) is 12.7. The maximum absolute atomic E-state index is 14.1. The van der Waals surface area contributed by atoms with E-state index in [1.165, 1.54) is 6.07 Å². The summed E-state index contributed by atoms with van der Waals surface area (Å²) in [5.74, 6) is -1.16. The largest absolute Gasteiger partial charge is 0.350 e. The van der Waals surface area contributed by atoms with Crippen LogP contribution in [0.15, 0.2) is 54.6 Å². The lowest BCUT2D eigenvalue weighted by atomic mass is 10.0. The second-order valence-corrected chi connectivity index (χ2v) is 10.4. The van der Waals surface area contributed by atoms with Gasteiger partial charge >= 0.3 is 0 Å². The van der Waals surface area contributed by atoms with Gasteiger partial charge in [0.15, 0.2) is 0 Å². The van der Waals surface area contributed by atoms with Crippen molar-refractivity contribution in [2.45, 2.75) is 57.8 Å². The molecule has 0 radical (unpaired) electrons. The fourth-order valence-corrected chi connectivity index (χ4v) is 4.33. The van der Waals surface area contributed by atoms with Crippen LogP contribution in [0.4, 0.5) is 4.39 Å². The molecular formula is C28H37FN4O4S. The van der Waals surface area contributed by atoms with Crippen molar-refractivity contribution in [1.29, 1.82) is 0 Å². The molecule has 0 aliphatic heterocycles. The van der Waals surface area contributed by atoms with Gasteiger partial charge in [0, 0.05) is 18.5 Å². The van der Waals surface area contributed by atoms with Crippen LogP contribution in [0, 0.1) is 11.7 Å². The second-order valence-electron chi connectivity index (χ2n) is 9.37. The minimum atomic E-state index is -0.955. The van der Waals surface area contributed by atoms with Crippen LogP contribution >= 0.6 is 11.8 Å². The van der Waals surface area contributed by atoms with Crippen molar-refractivity contribution in [3.63, 3.8) is 0 Å². The van der Waals surface area contributed by atoms with Gasteiger partial charge in [0.05, 0.1) is 0 Å². The number of carbonyl (C=O) groups excluding carboxylic acids is 4. The number of hydrogen-bond acceptors (Lipinski definition) is 5. The van der Waals surface area contributed by atoms with Crippen molar-refractivity contribution < 1.29 is 23.6 Å². The van der Waals surface area contributed by atoms with Crippen LogP contribution in [0.3, 0.4) is 0 Å². The second kappa shape index (κ2) is 16.4. The van der Waals surface area contributed by atoms with Crippen molar-refractivity contribution in [3.8, 4) is 0 Å². The summed E-state index contributed by atoms with van der Waals surface area (Å²) in [5, 5.41) is 10.8. The van der Waals surface area contributed by atoms with Crippen LogP contribution in [-0.2, 0) is 32.1 Å². The molecule has 8 nitrogen and oxygen atoms in total. The highest BCUT2D eigenvalue weighted by Gasteiger charge is 2.29. The standard InChI is InChI=1S/C28H37FN4O4S/c1-19(2)15-24(32-27(36)23(31-18-34)13-14-38-3)28(37)33-25(16-20-9-5-4-6-10-20)26(35)30-17-21-11-7-8-12-22(21)29/h4-12,18-19,23-25H,13-17H2,1-3H3,(H,30,35)(H,31,34)(H,32,36)(H,33,37)/t23-,24-,25-/m0/s1. The Labute approximate surface area is 227 Å². The van der Waals surface area contributed by atoms with Gasteiger partial charge in [0.25, 0.3) is 0 Å². The highest BCUT2D eigenvalue weighted by molar-refractivity contribution is 7.98. The third-order valence-electron chi connectivity index (χ3n) is 5.86. The van der Waals surface area contributed by atoms with Crippen LogP contribution in [0.25, 0.3) is 0 Å². The molecule has 0 aromatic heterocycles. The number of nitrogens with one attached hydrogen (secondary N) is 4. The van der Waals surface area contributed by atoms with E-state index in [1.807, 2.05) is 50.4 Å². The Kier molecular flexibility index (Phi) is 13.3. The first-order valence-corrected chi connectivity index (χ1v) is 14.0. The lowest BCUT2D eigenvalue weighted by Gasteiger charge is -2.26. The van der Waals surface area contributed by atoms with Gasteiger partial charge < -0.3 is 21.3 Å². The molecule has 38 heavy (non-hydrogen) atoms. The molecule has 2 rings (SSSR count). The molecule has 0 fully saturated rings. The van der Waals surface area contributed by atoms with Gasteiger partial charge in [-0.05, 0) is 42.4 Å². The molecule has 4 N–H and O–H groups in total. The summed E-state index contributed by atoms with van der Waals surface area (Å²) in [6.45, 7) is 3.81. The molecule has 0 saturated heterocycles. The number of thioether (sulfide) groups is 1. The van der Waals surface area contributed by atoms with Gasteiger partial charge in [-0.3, -0.25) is 19.2 Å². The molecule has 4 amide bonds. The van der Waals surface area contributed by atoms with Crippen LogP contribution in [0.1, 0.15) is 37.8 Å². The van der Waals surface area contributed by atoms with Gasteiger partial charge in [-0.1, -0.05) is 62.4 Å². The topological polar surface area (TPSA) is 116 Å². The number of rotatable bonds is 16. The van der Waals surface area contributed by atoms with Crippen molar-refractivity contribution in [2.75, 3.05) is 12.0 Å². The first-order valence-electron chi connectivity index (χ1n) is 12.6. The van der Waals surface area contributed by atoms with Crippen LogP contribution in [0.5, 0.6) is 0 Å². The SMILES string of the molecule is CSCC[C@H](NC=O)C(=O)N[C@@H](CC(C)C)C(=O)N[C@@H](Cc1ccccc1)C(=O)NCc1ccccc1F. The summed E-state index contributed by atoms with van der Waals surface area (Å²) in [5.41, 5.74) is 1.16. The summed E-state index contributed by atoms with van der Waals surface area (Å²) in [6.07, 6.45) is 3.33. The average Bonchev–Trinajstić information content (AvgIpc) is 2.89. The monoisotopic (exact) mass is 544 g/mol. The Balaban J connectivity index is 2.19. The summed E-state index contributed by atoms with van der Waals surface area (Å²) in [4.78, 5) is 50.5. The van der Waals surface area contributed by atoms with E-state index in [-0.39, 0.29) is 18.9 Å². The fourth-order valence-electron chi connectivity index (χ4n) is 3.86. The molecule has 0 unspecified atom stereocenters. The van der Waals surface area contributed by atoms with Crippen LogP contribution in [0.2, 0.25) is 0 Å². The van der Waals surface area contributed by atoms with Gasteiger partial charge in [-0.2, -0.15) is 11.8 Å². The third-order valence-corrected chi connectivity index (χ3v) is 6.51. The molecule has 0 saturated carbocycles. The normalized spacial score (nSPS) is 13.2. The van der Waals surface area contributed by atoms with E-state index >= 15 is 0 Å². The van der Waals surface area contributed by atoms with Crippen molar-refractivity contribution in [3.05, 3.63) is 71.5 Å². The van der Waals surface area contributed by atoms with Crippen LogP contribution < -0.4 is 21.3 Å². The molecular weight excluding hydrogens is 507 g/mol. The van der Waals surface area contributed by atoms with E-state index in [2.05, 4.69) is 21.3 Å². The zero-order valence-corrected chi connectivity index (χ0v) is 22.9. The Morgan fingerprint density at radius 1 is 0.895 bits per heavy atom. The molecule has 0 aliphatic carbocycles. The predicted molar refractivity (Wildman–Crippen MR) is 148 cm³/mol. The molecule has 0 aliphatic rings. The number of amides is 4. The molecule has 2 aromatic carbocycles. The first-order chi connectivity index (χ1) is 18.2. The van der Waals surface area contributed by atoms with E-state index in [0.717, 1.165) is 5.56 Å². The Hall–Kier alpha value is -3.40. The van der Waals surface area contributed by atoms with E-state index in [1.54, 1.807) is 30.0 Å². The number of benzene rings is 2. The number of hydrogen-bond donors (Lipinski definition) is 4. The molecule has 10 heteroatoms. The Morgan fingerprint density at radius 3 is 2.16 bits per heavy atom. The van der Waals surface area contributed by atoms with Crippen LogP contribution in [-0.4, -0.2) is 54.3 Å². The predicted octanol–water partition coefficient (Wildman–Crippen LogP) is 2.57. The minimum absolute atomic E-state index is 0.0344. The maximum Gasteiger partial charge on any atom is 0.243 e. The molecule has 206 valence electrons. The molecule has 0 spiro atoms. The third kappa shape index (κ3) is 10.5. The smallest absolute Gasteiger partial charge is 0.243 e. The summed E-state index contributed by atoms with van der Waals surface area (Å²) >= 11 is 1.54. The van der Waals surface area contributed by atoms with Gasteiger partial charge in [-0.15, -0.1) is 0 Å². The van der Waals surface area contributed by atoms with E-state index < -0.39 is 41.7 Å². The van der Waals surface area contributed by atoms with Gasteiger partial charge in [-0.25, -0.2) is 4.39 Å². The Bertz CT molecular complexity index is 1050. The van der Waals surface area contributed by atoms with Gasteiger partial charge in [0.1, 0.15) is 23.9 Å². The lowest BCUT2D eigenvalue weighted by molar-refractivity contribution is -0.133. The molecule has 0 bridgehead atoms. The van der Waals surface area contributed by atoms with E-state index in [9.17, 15) is 23.6 Å². The fraction of sp³-hybridized carbons (Fsp3) is 0.429. The quantitative estimate of drug-likeness (QED) is 0.243. The first kappa shape index (κ1) is 30.8. The van der Waals surface area contributed by atoms with E-state index in [0.29, 0.717) is 30.6 Å². The molecule has 0 heterocycles. The van der Waals surface area contributed by atoms with Crippen molar-refractivity contribution in [2.24, 2.45) is 5.92 Å². The molecule has 2 aromatic rings. The average molecular weight is 545 g/mol. The lowest BCUT2D eigenvalue weighted by Crippen LogP contribution is -2.57. The zero-order chi connectivity index (χ0) is 27.9.